The van der Waals surface area contributed by atoms with Crippen molar-refractivity contribution in [1.82, 2.24) is 5.43 Å². The molecule has 0 spiro atoms. The van der Waals surface area contributed by atoms with E-state index in [1.165, 1.54) is 30.5 Å². The van der Waals surface area contributed by atoms with Crippen molar-refractivity contribution in [1.29, 1.82) is 0 Å². The van der Waals surface area contributed by atoms with Crippen molar-refractivity contribution in [2.45, 2.75) is 11.1 Å². The maximum absolute atomic E-state index is 13.4. The van der Waals surface area contributed by atoms with Crippen molar-refractivity contribution in [2.75, 3.05) is 17.6 Å². The largest absolute Gasteiger partial charge is 0.454 e. The van der Waals surface area contributed by atoms with Gasteiger partial charge in [-0.05, 0) is 58.4 Å². The van der Waals surface area contributed by atoms with Gasteiger partial charge >= 0.3 is 6.18 Å². The molecule has 3 aromatic rings. The number of sulfonamides is 1. The van der Waals surface area contributed by atoms with Crippen LogP contribution in [0.5, 0.6) is 11.5 Å². The number of nitrogens with one attached hydrogen (secondary N) is 1. The van der Waals surface area contributed by atoms with Gasteiger partial charge in [-0.15, -0.1) is 0 Å². The molecule has 0 radical (unpaired) electrons. The zero-order valence-corrected chi connectivity index (χ0v) is 21.7. The van der Waals surface area contributed by atoms with Gasteiger partial charge < -0.3 is 9.47 Å². The van der Waals surface area contributed by atoms with E-state index in [9.17, 15) is 26.4 Å². The molecule has 14 heteroatoms. The number of amides is 1. The molecule has 0 saturated carbocycles. The number of hydrogen-bond acceptors (Lipinski definition) is 6. The Kier molecular flexibility index (Phi) is 7.67. The zero-order chi connectivity index (χ0) is 26.8. The molecule has 0 atom stereocenters. The molecule has 0 aromatic heterocycles. The van der Waals surface area contributed by atoms with Crippen LogP contribution in [0.15, 0.2) is 75.1 Å². The lowest BCUT2D eigenvalue weighted by Crippen LogP contribution is -2.39. The van der Waals surface area contributed by atoms with Gasteiger partial charge in [0.2, 0.25) is 6.79 Å². The highest BCUT2D eigenvalue weighted by atomic mass is 79.9. The van der Waals surface area contributed by atoms with Gasteiger partial charge in [0, 0.05) is 10.0 Å². The minimum atomic E-state index is -4.85. The third-order valence-corrected chi connectivity index (χ3v) is 7.85. The highest BCUT2D eigenvalue weighted by Crippen LogP contribution is 2.38. The van der Waals surface area contributed by atoms with Crippen molar-refractivity contribution < 1.29 is 35.9 Å². The average molecular weight is 619 g/mol. The lowest BCUT2D eigenvalue weighted by molar-refractivity contribution is -0.137. The predicted molar refractivity (Wildman–Crippen MR) is 133 cm³/mol. The molecular weight excluding hydrogens is 603 g/mol. The molecule has 4 rings (SSSR count). The third-order valence-electron chi connectivity index (χ3n) is 5.05. The summed E-state index contributed by atoms with van der Waals surface area (Å²) in [6, 6.07) is 12.8. The summed E-state index contributed by atoms with van der Waals surface area (Å²) in [5, 5.41) is 3.21. The van der Waals surface area contributed by atoms with Crippen molar-refractivity contribution >= 4 is 55.4 Å². The number of halogens is 5. The molecule has 1 N–H and O–H groups in total. The van der Waals surface area contributed by atoms with Gasteiger partial charge in [-0.25, -0.2) is 13.8 Å². The van der Waals surface area contributed by atoms with E-state index in [1.807, 2.05) is 0 Å². The number of rotatable bonds is 7. The van der Waals surface area contributed by atoms with Crippen molar-refractivity contribution in [3.63, 3.8) is 0 Å². The number of carbonyl (C=O) groups excluding carboxylic acids is 1. The van der Waals surface area contributed by atoms with Crippen LogP contribution in [0, 0.1) is 0 Å². The van der Waals surface area contributed by atoms with E-state index in [1.54, 1.807) is 18.2 Å². The van der Waals surface area contributed by atoms with Gasteiger partial charge in [0.15, 0.2) is 11.5 Å². The molecule has 1 aliphatic heterocycles. The van der Waals surface area contributed by atoms with E-state index in [0.29, 0.717) is 31.9 Å². The summed E-state index contributed by atoms with van der Waals surface area (Å²) in [5.74, 6) is 0.0893. The Bertz CT molecular complexity index is 1470. The number of hydrogen-bond donors (Lipinski definition) is 1. The van der Waals surface area contributed by atoms with Crippen LogP contribution in [0.4, 0.5) is 18.9 Å². The maximum Gasteiger partial charge on any atom is 0.417 e. The molecule has 0 bridgehead atoms. The Morgan fingerprint density at radius 3 is 2.46 bits per heavy atom. The van der Waals surface area contributed by atoms with Crippen LogP contribution in [0.1, 0.15) is 11.1 Å². The maximum atomic E-state index is 13.4. The van der Waals surface area contributed by atoms with E-state index >= 15 is 0 Å². The summed E-state index contributed by atoms with van der Waals surface area (Å²) >= 11 is 9.03. The van der Waals surface area contributed by atoms with Crippen LogP contribution < -0.4 is 19.2 Å². The summed E-state index contributed by atoms with van der Waals surface area (Å²) < 4.78 is 78.7. The van der Waals surface area contributed by atoms with Crippen LogP contribution in [0.3, 0.4) is 0 Å². The van der Waals surface area contributed by atoms with Crippen LogP contribution in [0.2, 0.25) is 5.02 Å². The quantitative estimate of drug-likeness (QED) is 0.290. The standard InChI is InChI=1S/C23H16BrClF3N3O5S/c24-18-10-21-20(35-13-36-21)8-14(18)11-29-30-22(32)12-31(37(33,34)16-4-2-1-3-5-16)15-6-7-19(25)17(9-15)23(26,27)28/h1-11H,12-13H2,(H,30,32)/b29-11-. The summed E-state index contributed by atoms with van der Waals surface area (Å²) in [4.78, 5) is 12.5. The second kappa shape index (κ2) is 10.6. The molecular formula is C23H16BrClF3N3O5S. The van der Waals surface area contributed by atoms with Gasteiger partial charge in [-0.2, -0.15) is 18.3 Å². The van der Waals surface area contributed by atoms with E-state index in [-0.39, 0.29) is 11.7 Å². The number of benzene rings is 3. The minimum absolute atomic E-state index is 0.0611. The number of fused-ring (bicyclic) bond motifs is 1. The van der Waals surface area contributed by atoms with Gasteiger partial charge in [0.25, 0.3) is 15.9 Å². The first-order valence-corrected chi connectivity index (χ1v) is 12.9. The smallest absolute Gasteiger partial charge is 0.417 e. The predicted octanol–water partition coefficient (Wildman–Crippen LogP) is 5.20. The average Bonchev–Trinajstić information content (AvgIpc) is 3.30. The first-order valence-electron chi connectivity index (χ1n) is 10.3. The van der Waals surface area contributed by atoms with E-state index in [0.717, 1.165) is 12.1 Å². The second-order valence-corrected chi connectivity index (χ2v) is 10.6. The summed E-state index contributed by atoms with van der Waals surface area (Å²) in [5.41, 5.74) is 1.06. The molecule has 0 fully saturated rings. The van der Waals surface area contributed by atoms with E-state index < -0.39 is 44.9 Å². The molecule has 1 heterocycles. The van der Waals surface area contributed by atoms with Gasteiger partial charge in [-0.3, -0.25) is 9.10 Å². The Morgan fingerprint density at radius 1 is 1.11 bits per heavy atom. The molecule has 3 aromatic carbocycles. The highest BCUT2D eigenvalue weighted by Gasteiger charge is 2.35. The first-order chi connectivity index (χ1) is 17.5. The molecule has 1 amide bonds. The lowest BCUT2D eigenvalue weighted by Gasteiger charge is -2.24. The second-order valence-electron chi connectivity index (χ2n) is 7.51. The number of carbonyl (C=O) groups is 1. The van der Waals surface area contributed by atoms with Gasteiger partial charge in [-0.1, -0.05) is 29.8 Å². The Morgan fingerprint density at radius 2 is 1.78 bits per heavy atom. The fourth-order valence-corrected chi connectivity index (χ4v) is 5.38. The molecule has 0 unspecified atom stereocenters. The van der Waals surface area contributed by atoms with Crippen molar-refractivity contribution in [3.05, 3.63) is 81.3 Å². The molecule has 37 heavy (non-hydrogen) atoms. The van der Waals surface area contributed by atoms with Gasteiger partial charge in [0.1, 0.15) is 6.54 Å². The van der Waals surface area contributed by atoms with Crippen LogP contribution in [-0.4, -0.2) is 33.9 Å². The van der Waals surface area contributed by atoms with Crippen LogP contribution >= 0.6 is 27.5 Å². The number of alkyl halides is 3. The SMILES string of the molecule is O=C(CN(c1ccc(Cl)c(C(F)(F)F)c1)S(=O)(=O)c1ccccc1)N/N=C\c1cc2c(cc1Br)OCO2. The third kappa shape index (κ3) is 6.00. The summed E-state index contributed by atoms with van der Waals surface area (Å²) in [6.07, 6.45) is -3.57. The lowest BCUT2D eigenvalue weighted by atomic mass is 10.2. The molecule has 1 aliphatic rings. The summed E-state index contributed by atoms with van der Waals surface area (Å²) in [7, 11) is -4.44. The molecule has 194 valence electrons. The topological polar surface area (TPSA) is 97.3 Å². The van der Waals surface area contributed by atoms with E-state index in [4.69, 9.17) is 21.1 Å². The molecule has 0 aliphatic carbocycles. The number of nitrogens with zero attached hydrogens (tertiary/aromatic N) is 2. The minimum Gasteiger partial charge on any atom is -0.454 e. The Hall–Kier alpha value is -3.29. The normalized spacial score (nSPS) is 13.1. The number of anilines is 1. The molecule has 0 saturated heterocycles. The van der Waals surface area contributed by atoms with Crippen LogP contribution in [0.25, 0.3) is 0 Å². The van der Waals surface area contributed by atoms with Crippen molar-refractivity contribution in [3.8, 4) is 11.5 Å². The monoisotopic (exact) mass is 617 g/mol. The number of hydrazone groups is 1. The fraction of sp³-hybridized carbons (Fsp3) is 0.130. The zero-order valence-electron chi connectivity index (χ0n) is 18.5. The Labute approximate surface area is 222 Å². The molecule has 8 nitrogen and oxygen atoms in total. The first kappa shape index (κ1) is 26.8. The highest BCUT2D eigenvalue weighted by molar-refractivity contribution is 9.10. The fourth-order valence-electron chi connectivity index (χ4n) is 3.29. The van der Waals surface area contributed by atoms with E-state index in [2.05, 4.69) is 26.5 Å². The Balaban J connectivity index is 1.61. The van der Waals surface area contributed by atoms with Crippen LogP contribution in [-0.2, 0) is 21.0 Å². The van der Waals surface area contributed by atoms with Gasteiger partial charge in [0.05, 0.1) is 27.4 Å². The number of ether oxygens (including phenoxy) is 2. The van der Waals surface area contributed by atoms with Crippen molar-refractivity contribution in [2.24, 2.45) is 5.10 Å². The summed E-state index contributed by atoms with van der Waals surface area (Å²) in [6.45, 7) is -0.804.